The lowest BCUT2D eigenvalue weighted by Gasteiger charge is -2.31. The molecule has 1 saturated heterocycles. The minimum absolute atomic E-state index is 0.0463. The predicted molar refractivity (Wildman–Crippen MR) is 44.7 cm³/mol. The van der Waals surface area contributed by atoms with Crippen molar-refractivity contribution in [1.82, 2.24) is 10.2 Å². The molecule has 0 aromatic heterocycles. The van der Waals surface area contributed by atoms with Crippen LogP contribution < -0.4 is 5.32 Å². The van der Waals surface area contributed by atoms with Crippen LogP contribution in [0.4, 0.5) is 8.78 Å². The molecule has 76 valence electrons. The number of hydrogen-bond acceptors (Lipinski definition) is 2. The van der Waals surface area contributed by atoms with E-state index in [1.54, 1.807) is 4.90 Å². The van der Waals surface area contributed by atoms with Crippen LogP contribution in [0.1, 0.15) is 12.8 Å². The van der Waals surface area contributed by atoms with Crippen LogP contribution in [0.5, 0.6) is 0 Å². The van der Waals surface area contributed by atoms with Crippen molar-refractivity contribution in [2.24, 2.45) is 0 Å². The van der Waals surface area contributed by atoms with Crippen molar-refractivity contribution < 1.29 is 13.6 Å². The van der Waals surface area contributed by atoms with Gasteiger partial charge in [0.25, 0.3) is 6.43 Å². The summed E-state index contributed by atoms with van der Waals surface area (Å²) in [6, 6.07) is 0.0463. The maximum absolute atomic E-state index is 12.0. The lowest BCUT2D eigenvalue weighted by atomic mass is 10.1. The summed E-state index contributed by atoms with van der Waals surface area (Å²) in [6.07, 6.45) is 0.114. The van der Waals surface area contributed by atoms with Gasteiger partial charge in [-0.05, 0) is 19.4 Å². The smallest absolute Gasteiger partial charge is 0.251 e. The number of carbonyl (C=O) groups excluding carboxylic acids is 1. The van der Waals surface area contributed by atoms with Crippen molar-refractivity contribution in [3.05, 3.63) is 0 Å². The molecular formula is C8H14F2N2O. The largest absolute Gasteiger partial charge is 0.355 e. The molecule has 0 aromatic carbocycles. The first-order valence-corrected chi connectivity index (χ1v) is 4.42. The quantitative estimate of drug-likeness (QED) is 0.656. The van der Waals surface area contributed by atoms with E-state index in [9.17, 15) is 13.6 Å². The molecule has 0 saturated carbocycles. The van der Waals surface area contributed by atoms with Gasteiger partial charge in [-0.1, -0.05) is 0 Å². The van der Waals surface area contributed by atoms with Crippen molar-refractivity contribution in [2.75, 3.05) is 19.6 Å². The number of nitrogens with one attached hydrogen (secondary N) is 1. The summed E-state index contributed by atoms with van der Waals surface area (Å²) in [4.78, 5) is 11.8. The van der Waals surface area contributed by atoms with Crippen LogP contribution >= 0.6 is 0 Å². The molecule has 1 heterocycles. The number of nitrogens with zero attached hydrogens (tertiary/aromatic N) is 1. The number of hydrogen-bond donors (Lipinski definition) is 1. The van der Waals surface area contributed by atoms with Crippen LogP contribution in [0.3, 0.4) is 0 Å². The van der Waals surface area contributed by atoms with Crippen molar-refractivity contribution >= 4 is 6.41 Å². The Bertz CT molecular complexity index is 166. The van der Waals surface area contributed by atoms with Crippen LogP contribution in [0.15, 0.2) is 0 Å². The monoisotopic (exact) mass is 192 g/mol. The second-order valence-electron chi connectivity index (χ2n) is 3.27. The molecule has 0 bridgehead atoms. The number of rotatable bonds is 4. The minimum atomic E-state index is -2.28. The van der Waals surface area contributed by atoms with Gasteiger partial charge in [-0.25, -0.2) is 8.78 Å². The van der Waals surface area contributed by atoms with E-state index in [0.29, 0.717) is 19.5 Å². The van der Waals surface area contributed by atoms with E-state index in [-0.39, 0.29) is 12.6 Å². The highest BCUT2D eigenvalue weighted by Crippen LogP contribution is 2.10. The molecule has 1 amide bonds. The SMILES string of the molecule is O=CN[C@H]1CCCN(CC(F)F)C1. The molecule has 5 heteroatoms. The third-order valence-corrected chi connectivity index (χ3v) is 2.21. The van der Waals surface area contributed by atoms with E-state index in [1.165, 1.54) is 0 Å². The summed E-state index contributed by atoms with van der Waals surface area (Å²) in [5.74, 6) is 0. The van der Waals surface area contributed by atoms with E-state index < -0.39 is 6.43 Å². The van der Waals surface area contributed by atoms with E-state index in [0.717, 1.165) is 12.8 Å². The predicted octanol–water partition coefficient (Wildman–Crippen LogP) is 0.462. The zero-order valence-electron chi connectivity index (χ0n) is 7.38. The molecule has 0 aliphatic carbocycles. The first kappa shape index (κ1) is 10.4. The molecule has 3 nitrogen and oxygen atoms in total. The third-order valence-electron chi connectivity index (χ3n) is 2.21. The van der Waals surface area contributed by atoms with Crippen LogP contribution in [-0.2, 0) is 4.79 Å². The summed E-state index contributed by atoms with van der Waals surface area (Å²) in [7, 11) is 0. The average Bonchev–Trinajstić information content (AvgIpc) is 2.04. The van der Waals surface area contributed by atoms with Gasteiger partial charge in [-0.2, -0.15) is 0 Å². The fourth-order valence-electron chi connectivity index (χ4n) is 1.65. The van der Waals surface area contributed by atoms with Crippen LogP contribution in [0, 0.1) is 0 Å². The molecule has 13 heavy (non-hydrogen) atoms. The van der Waals surface area contributed by atoms with E-state index in [1.807, 2.05) is 0 Å². The number of halogens is 2. The molecule has 1 aliphatic rings. The number of alkyl halides is 2. The highest BCUT2D eigenvalue weighted by Gasteiger charge is 2.21. The standard InChI is InChI=1S/C8H14F2N2O/c9-8(10)5-12-3-1-2-7(4-12)11-6-13/h6-8H,1-5H2,(H,11,13)/t7-/m0/s1. The van der Waals surface area contributed by atoms with Gasteiger partial charge in [0.1, 0.15) is 0 Å². The summed E-state index contributed by atoms with van der Waals surface area (Å²) in [5, 5.41) is 2.62. The molecule has 0 spiro atoms. The topological polar surface area (TPSA) is 32.3 Å². The maximum atomic E-state index is 12.0. The zero-order chi connectivity index (χ0) is 9.68. The Kier molecular flexibility index (Phi) is 4.08. The van der Waals surface area contributed by atoms with Gasteiger partial charge < -0.3 is 5.32 Å². The molecule has 1 N–H and O–H groups in total. The Morgan fingerprint density at radius 3 is 3.00 bits per heavy atom. The van der Waals surface area contributed by atoms with Crippen molar-refractivity contribution in [2.45, 2.75) is 25.3 Å². The third kappa shape index (κ3) is 3.67. The summed E-state index contributed by atoms with van der Waals surface area (Å²) in [6.45, 7) is 1.07. The molecule has 1 aliphatic heterocycles. The lowest BCUT2D eigenvalue weighted by molar-refractivity contribution is -0.110. The van der Waals surface area contributed by atoms with E-state index >= 15 is 0 Å². The summed E-state index contributed by atoms with van der Waals surface area (Å²) < 4.78 is 24.0. The highest BCUT2D eigenvalue weighted by molar-refractivity contribution is 5.46. The maximum Gasteiger partial charge on any atom is 0.251 e. The van der Waals surface area contributed by atoms with Gasteiger partial charge in [-0.3, -0.25) is 9.69 Å². The first-order chi connectivity index (χ1) is 6.22. The molecule has 1 fully saturated rings. The fourth-order valence-corrected chi connectivity index (χ4v) is 1.65. The number of carbonyl (C=O) groups is 1. The number of piperidine rings is 1. The lowest BCUT2D eigenvalue weighted by Crippen LogP contribution is -2.46. The second-order valence-corrected chi connectivity index (χ2v) is 3.27. The van der Waals surface area contributed by atoms with Crippen LogP contribution in [0.25, 0.3) is 0 Å². The molecule has 1 atom stereocenters. The summed E-state index contributed by atoms with van der Waals surface area (Å²) >= 11 is 0. The van der Waals surface area contributed by atoms with Gasteiger partial charge in [0.2, 0.25) is 6.41 Å². The first-order valence-electron chi connectivity index (χ1n) is 4.42. The molecule has 0 unspecified atom stereocenters. The number of amides is 1. The van der Waals surface area contributed by atoms with Gasteiger partial charge in [0.15, 0.2) is 0 Å². The van der Waals surface area contributed by atoms with Gasteiger partial charge in [0.05, 0.1) is 6.54 Å². The molecule has 1 rings (SSSR count). The number of likely N-dealkylation sites (tertiary alicyclic amines) is 1. The Hall–Kier alpha value is -0.710. The molecular weight excluding hydrogens is 178 g/mol. The highest BCUT2D eigenvalue weighted by atomic mass is 19.3. The van der Waals surface area contributed by atoms with Crippen LogP contribution in [0.2, 0.25) is 0 Å². The van der Waals surface area contributed by atoms with Crippen molar-refractivity contribution in [3.8, 4) is 0 Å². The van der Waals surface area contributed by atoms with Gasteiger partial charge >= 0.3 is 0 Å². The Labute approximate surface area is 76.1 Å². The Balaban J connectivity index is 2.28. The molecule has 0 radical (unpaired) electrons. The van der Waals surface area contributed by atoms with Gasteiger partial charge in [-0.15, -0.1) is 0 Å². The van der Waals surface area contributed by atoms with Crippen LogP contribution in [-0.4, -0.2) is 43.4 Å². The van der Waals surface area contributed by atoms with Gasteiger partial charge in [0, 0.05) is 12.6 Å². The van der Waals surface area contributed by atoms with Crippen molar-refractivity contribution in [3.63, 3.8) is 0 Å². The van der Waals surface area contributed by atoms with E-state index in [4.69, 9.17) is 0 Å². The van der Waals surface area contributed by atoms with E-state index in [2.05, 4.69) is 5.32 Å². The normalized spacial score (nSPS) is 24.7. The Morgan fingerprint density at radius 1 is 1.62 bits per heavy atom. The molecule has 0 aromatic rings. The fraction of sp³-hybridized carbons (Fsp3) is 0.875. The average molecular weight is 192 g/mol. The second kappa shape index (κ2) is 5.11. The zero-order valence-corrected chi connectivity index (χ0v) is 7.38. The van der Waals surface area contributed by atoms with Crippen molar-refractivity contribution in [1.29, 1.82) is 0 Å². The minimum Gasteiger partial charge on any atom is -0.355 e. The summed E-state index contributed by atoms with van der Waals surface area (Å²) in [5.41, 5.74) is 0. The Morgan fingerprint density at radius 2 is 2.38 bits per heavy atom.